The monoisotopic (exact) mass is 259 g/mol. The number of hydrogen-bond acceptors (Lipinski definition) is 3. The topological polar surface area (TPSA) is 28.2 Å². The van der Waals surface area contributed by atoms with Gasteiger partial charge in [-0.25, -0.2) is 4.98 Å². The van der Waals surface area contributed by atoms with Crippen LogP contribution in [0.5, 0.6) is 0 Å². The molecule has 1 aromatic heterocycles. The van der Waals surface area contributed by atoms with Crippen LogP contribution < -0.4 is 5.32 Å². The minimum Gasteiger partial charge on any atom is -0.369 e. The maximum Gasteiger partial charge on any atom is 0.416 e. The summed E-state index contributed by atoms with van der Waals surface area (Å²) in [7, 11) is 2.03. The van der Waals surface area contributed by atoms with Crippen molar-refractivity contribution in [2.24, 2.45) is 0 Å². The first-order valence-electron chi connectivity index (χ1n) is 5.94. The summed E-state index contributed by atoms with van der Waals surface area (Å²) >= 11 is 0. The number of anilines is 1. The summed E-state index contributed by atoms with van der Waals surface area (Å²) in [4.78, 5) is 6.09. The minimum absolute atomic E-state index is 0.272. The molecule has 18 heavy (non-hydrogen) atoms. The van der Waals surface area contributed by atoms with E-state index in [4.69, 9.17) is 0 Å². The molecule has 1 N–H and O–H groups in total. The van der Waals surface area contributed by atoms with Gasteiger partial charge in [0, 0.05) is 25.3 Å². The van der Waals surface area contributed by atoms with E-state index in [9.17, 15) is 13.2 Å². The van der Waals surface area contributed by atoms with E-state index in [2.05, 4.69) is 15.2 Å². The first-order chi connectivity index (χ1) is 8.47. The standard InChI is InChI=1S/C12H16F3N3/c1-18(10-2-3-10)7-6-17-11-8-9(4-5-16-11)12(13,14)15/h4-5,8,10H,2-3,6-7H2,1H3,(H,16,17). The largest absolute Gasteiger partial charge is 0.416 e. The number of rotatable bonds is 5. The van der Waals surface area contributed by atoms with Crippen LogP contribution in [0.25, 0.3) is 0 Å². The molecular formula is C12H16F3N3. The Hall–Kier alpha value is -1.30. The molecule has 1 aliphatic carbocycles. The number of aromatic nitrogens is 1. The quantitative estimate of drug-likeness (QED) is 0.881. The molecule has 0 aliphatic heterocycles. The van der Waals surface area contributed by atoms with Gasteiger partial charge in [-0.3, -0.25) is 0 Å². The van der Waals surface area contributed by atoms with Gasteiger partial charge in [0.2, 0.25) is 0 Å². The molecule has 0 bridgehead atoms. The maximum atomic E-state index is 12.5. The van der Waals surface area contributed by atoms with E-state index in [1.165, 1.54) is 19.0 Å². The van der Waals surface area contributed by atoms with Crippen molar-refractivity contribution in [3.63, 3.8) is 0 Å². The van der Waals surface area contributed by atoms with E-state index in [-0.39, 0.29) is 5.82 Å². The highest BCUT2D eigenvalue weighted by Crippen LogP contribution is 2.29. The molecule has 1 aromatic rings. The van der Waals surface area contributed by atoms with Gasteiger partial charge in [-0.05, 0) is 32.0 Å². The van der Waals surface area contributed by atoms with Crippen molar-refractivity contribution in [3.8, 4) is 0 Å². The fourth-order valence-electron chi connectivity index (χ4n) is 1.76. The molecule has 0 aromatic carbocycles. The van der Waals surface area contributed by atoms with Crippen LogP contribution in [0.4, 0.5) is 19.0 Å². The van der Waals surface area contributed by atoms with Crippen LogP contribution in [0.2, 0.25) is 0 Å². The van der Waals surface area contributed by atoms with Crippen molar-refractivity contribution in [1.82, 2.24) is 9.88 Å². The van der Waals surface area contributed by atoms with Gasteiger partial charge in [0.05, 0.1) is 5.56 Å². The second-order valence-electron chi connectivity index (χ2n) is 4.57. The van der Waals surface area contributed by atoms with Gasteiger partial charge in [-0.1, -0.05) is 0 Å². The van der Waals surface area contributed by atoms with Gasteiger partial charge >= 0.3 is 6.18 Å². The smallest absolute Gasteiger partial charge is 0.369 e. The Balaban J connectivity index is 1.85. The van der Waals surface area contributed by atoms with Crippen molar-refractivity contribution < 1.29 is 13.2 Å². The average molecular weight is 259 g/mol. The highest BCUT2D eigenvalue weighted by molar-refractivity contribution is 5.38. The number of nitrogens with zero attached hydrogens (tertiary/aromatic N) is 2. The molecule has 0 radical (unpaired) electrons. The van der Waals surface area contributed by atoms with Crippen LogP contribution in [-0.2, 0) is 6.18 Å². The van der Waals surface area contributed by atoms with Gasteiger partial charge in [0.25, 0.3) is 0 Å². The molecule has 0 atom stereocenters. The lowest BCUT2D eigenvalue weighted by Crippen LogP contribution is -2.27. The van der Waals surface area contributed by atoms with E-state index in [0.29, 0.717) is 12.6 Å². The second kappa shape index (κ2) is 5.14. The molecule has 0 amide bonds. The Morgan fingerprint density at radius 3 is 2.78 bits per heavy atom. The van der Waals surface area contributed by atoms with Crippen molar-refractivity contribution in [2.45, 2.75) is 25.1 Å². The summed E-state index contributed by atoms with van der Waals surface area (Å²) in [6, 6.07) is 2.67. The lowest BCUT2D eigenvalue weighted by atomic mass is 10.2. The molecule has 0 spiro atoms. The minimum atomic E-state index is -4.32. The molecule has 6 heteroatoms. The third-order valence-electron chi connectivity index (χ3n) is 3.03. The van der Waals surface area contributed by atoms with Gasteiger partial charge in [0.1, 0.15) is 5.82 Å². The highest BCUT2D eigenvalue weighted by atomic mass is 19.4. The molecule has 1 fully saturated rings. The van der Waals surface area contributed by atoms with Gasteiger partial charge in [-0.15, -0.1) is 0 Å². The molecule has 1 aliphatic rings. The van der Waals surface area contributed by atoms with Crippen molar-refractivity contribution in [2.75, 3.05) is 25.5 Å². The number of hydrogen-bond donors (Lipinski definition) is 1. The molecule has 100 valence electrons. The Labute approximate surface area is 104 Å². The highest BCUT2D eigenvalue weighted by Gasteiger charge is 2.30. The zero-order valence-corrected chi connectivity index (χ0v) is 10.2. The SMILES string of the molecule is CN(CCNc1cc(C(F)(F)F)ccn1)C1CC1. The molecule has 0 saturated heterocycles. The van der Waals surface area contributed by atoms with Crippen LogP contribution >= 0.6 is 0 Å². The number of likely N-dealkylation sites (N-methyl/N-ethyl adjacent to an activating group) is 1. The van der Waals surface area contributed by atoms with E-state index >= 15 is 0 Å². The summed E-state index contributed by atoms with van der Waals surface area (Å²) < 4.78 is 37.4. The normalized spacial score (nSPS) is 16.1. The second-order valence-corrected chi connectivity index (χ2v) is 4.57. The van der Waals surface area contributed by atoms with Crippen molar-refractivity contribution in [3.05, 3.63) is 23.9 Å². The number of nitrogens with one attached hydrogen (secondary N) is 1. The summed E-state index contributed by atoms with van der Waals surface area (Å²) in [5, 5.41) is 2.92. The fraction of sp³-hybridized carbons (Fsp3) is 0.583. The number of alkyl halides is 3. The number of halogens is 3. The predicted molar refractivity (Wildman–Crippen MR) is 63.4 cm³/mol. The number of pyridine rings is 1. The van der Waals surface area contributed by atoms with E-state index < -0.39 is 11.7 Å². The fourth-order valence-corrected chi connectivity index (χ4v) is 1.76. The predicted octanol–water partition coefficient (Wildman–Crippen LogP) is 2.61. The van der Waals surface area contributed by atoms with Gasteiger partial charge < -0.3 is 10.2 Å². The molecule has 1 heterocycles. The average Bonchev–Trinajstić information content (AvgIpc) is 3.12. The molecule has 0 unspecified atom stereocenters. The van der Waals surface area contributed by atoms with Crippen LogP contribution in [0.1, 0.15) is 18.4 Å². The van der Waals surface area contributed by atoms with Crippen LogP contribution in [0, 0.1) is 0 Å². The Morgan fingerprint density at radius 2 is 2.17 bits per heavy atom. The van der Waals surface area contributed by atoms with Crippen LogP contribution in [0.3, 0.4) is 0 Å². The van der Waals surface area contributed by atoms with Gasteiger partial charge in [-0.2, -0.15) is 13.2 Å². The maximum absolute atomic E-state index is 12.5. The zero-order valence-electron chi connectivity index (χ0n) is 10.2. The molecule has 1 saturated carbocycles. The first-order valence-corrected chi connectivity index (χ1v) is 5.94. The summed E-state index contributed by atoms with van der Waals surface area (Å²) in [6.45, 7) is 1.41. The molecular weight excluding hydrogens is 243 g/mol. The summed E-state index contributed by atoms with van der Waals surface area (Å²) in [5.41, 5.74) is -0.671. The summed E-state index contributed by atoms with van der Waals surface area (Å²) in [6.07, 6.45) is -0.698. The lowest BCUT2D eigenvalue weighted by Gasteiger charge is -2.16. The summed E-state index contributed by atoms with van der Waals surface area (Å²) in [5.74, 6) is 0.272. The first kappa shape index (κ1) is 13.1. The van der Waals surface area contributed by atoms with Crippen molar-refractivity contribution in [1.29, 1.82) is 0 Å². The Morgan fingerprint density at radius 1 is 1.44 bits per heavy atom. The van der Waals surface area contributed by atoms with E-state index in [1.54, 1.807) is 0 Å². The van der Waals surface area contributed by atoms with Crippen LogP contribution in [-0.4, -0.2) is 36.1 Å². The lowest BCUT2D eigenvalue weighted by molar-refractivity contribution is -0.137. The van der Waals surface area contributed by atoms with E-state index in [0.717, 1.165) is 18.7 Å². The molecule has 2 rings (SSSR count). The zero-order chi connectivity index (χ0) is 13.2. The van der Waals surface area contributed by atoms with Crippen LogP contribution in [0.15, 0.2) is 18.3 Å². The van der Waals surface area contributed by atoms with Gasteiger partial charge in [0.15, 0.2) is 0 Å². The molecule has 3 nitrogen and oxygen atoms in total. The third-order valence-corrected chi connectivity index (χ3v) is 3.03. The third kappa shape index (κ3) is 3.60. The van der Waals surface area contributed by atoms with Crippen molar-refractivity contribution >= 4 is 5.82 Å². The van der Waals surface area contributed by atoms with E-state index in [1.807, 2.05) is 7.05 Å². The Bertz CT molecular complexity index is 402. The Kier molecular flexibility index (Phi) is 3.75.